The van der Waals surface area contributed by atoms with E-state index in [0.717, 1.165) is 0 Å². The van der Waals surface area contributed by atoms with Crippen LogP contribution in [0.2, 0.25) is 0 Å². The minimum Gasteiger partial charge on any atom is -0.478 e. The summed E-state index contributed by atoms with van der Waals surface area (Å²) in [6.07, 6.45) is 0. The zero-order chi connectivity index (χ0) is 14.9. The smallest absolute Gasteiger partial charge is 0.337 e. The summed E-state index contributed by atoms with van der Waals surface area (Å²) in [5, 5.41) is 13.9. The van der Waals surface area contributed by atoms with E-state index in [1.54, 1.807) is 26.1 Å². The molecular weight excluding hydrogens is 260 g/mol. The molecule has 0 aliphatic carbocycles. The van der Waals surface area contributed by atoms with E-state index < -0.39 is 5.97 Å². The van der Waals surface area contributed by atoms with Crippen molar-refractivity contribution in [3.05, 3.63) is 29.5 Å². The van der Waals surface area contributed by atoms with Crippen molar-refractivity contribution < 1.29 is 19.4 Å². The summed E-state index contributed by atoms with van der Waals surface area (Å²) >= 11 is 0. The number of nitrogens with zero attached hydrogens (tertiary/aromatic N) is 2. The summed E-state index contributed by atoms with van der Waals surface area (Å²) in [6.45, 7) is 2.06. The van der Waals surface area contributed by atoms with Crippen molar-refractivity contribution in [3.63, 3.8) is 0 Å². The van der Waals surface area contributed by atoms with Crippen LogP contribution in [0.3, 0.4) is 0 Å². The molecule has 6 nitrogen and oxygen atoms in total. The first kappa shape index (κ1) is 14.2. The molecule has 1 N–H and O–H groups in total. The molecule has 1 aromatic carbocycles. The molecule has 0 radical (unpaired) electrons. The topological polar surface area (TPSA) is 81.4 Å². The number of carbonyl (C=O) groups is 2. The molecule has 0 saturated carbocycles. The summed E-state index contributed by atoms with van der Waals surface area (Å²) in [5.41, 5.74) is 0.874. The van der Waals surface area contributed by atoms with Crippen LogP contribution in [-0.4, -0.2) is 40.4 Å². The summed E-state index contributed by atoms with van der Waals surface area (Å²) < 4.78 is 6.41. The van der Waals surface area contributed by atoms with Gasteiger partial charge in [-0.1, -0.05) is 19.1 Å². The Kier molecular flexibility index (Phi) is 3.85. The molecule has 1 atom stereocenters. The van der Waals surface area contributed by atoms with Crippen LogP contribution in [0.25, 0.3) is 10.9 Å². The lowest BCUT2D eigenvalue weighted by molar-refractivity contribution is 0.0698. The number of carboxylic acid groups (broad SMARTS) is 1. The Bertz CT molecular complexity index is 675. The molecule has 0 amide bonds. The maximum Gasteiger partial charge on any atom is 0.337 e. The largest absolute Gasteiger partial charge is 0.478 e. The highest BCUT2D eigenvalue weighted by atomic mass is 16.5. The van der Waals surface area contributed by atoms with Crippen molar-refractivity contribution in [1.82, 2.24) is 9.78 Å². The number of aromatic carboxylic acids is 1. The van der Waals surface area contributed by atoms with Gasteiger partial charge in [0.05, 0.1) is 17.7 Å². The van der Waals surface area contributed by atoms with Crippen molar-refractivity contribution in [2.75, 3.05) is 13.7 Å². The number of carboxylic acids is 1. The predicted octanol–water partition coefficient (Wildman–Crippen LogP) is 1.74. The molecule has 0 spiro atoms. The number of aryl methyl sites for hydroxylation is 1. The summed E-state index contributed by atoms with van der Waals surface area (Å²) in [7, 11) is 3.16. The fourth-order valence-corrected chi connectivity index (χ4v) is 2.25. The number of Topliss-reactive ketones (excluding diaryl/α,β-unsaturated/α-hetero) is 1. The van der Waals surface area contributed by atoms with Gasteiger partial charge in [-0.05, 0) is 6.07 Å². The Morgan fingerprint density at radius 2 is 2.15 bits per heavy atom. The van der Waals surface area contributed by atoms with Crippen LogP contribution >= 0.6 is 0 Å². The number of ketones is 1. The molecule has 2 rings (SSSR count). The summed E-state index contributed by atoms with van der Waals surface area (Å²) in [6, 6.07) is 4.83. The van der Waals surface area contributed by atoms with Crippen LogP contribution in [0.15, 0.2) is 18.2 Å². The van der Waals surface area contributed by atoms with Crippen LogP contribution < -0.4 is 0 Å². The normalized spacial score (nSPS) is 12.6. The van der Waals surface area contributed by atoms with Crippen molar-refractivity contribution in [3.8, 4) is 0 Å². The van der Waals surface area contributed by atoms with E-state index in [4.69, 9.17) is 4.74 Å². The number of ether oxygens (including phenoxy) is 1. The van der Waals surface area contributed by atoms with Crippen molar-refractivity contribution in [1.29, 1.82) is 0 Å². The van der Waals surface area contributed by atoms with Gasteiger partial charge in [0.25, 0.3) is 0 Å². The Hall–Kier alpha value is -2.21. The van der Waals surface area contributed by atoms with Gasteiger partial charge in [-0.3, -0.25) is 9.48 Å². The Morgan fingerprint density at radius 3 is 2.75 bits per heavy atom. The molecule has 0 aliphatic heterocycles. The molecule has 0 saturated heterocycles. The van der Waals surface area contributed by atoms with E-state index in [1.165, 1.54) is 17.9 Å². The van der Waals surface area contributed by atoms with E-state index in [2.05, 4.69) is 5.10 Å². The molecule has 1 unspecified atom stereocenters. The number of methoxy groups -OCH3 is 1. The number of hydrogen-bond acceptors (Lipinski definition) is 4. The van der Waals surface area contributed by atoms with Gasteiger partial charge >= 0.3 is 5.97 Å². The van der Waals surface area contributed by atoms with Crippen LogP contribution in [0.1, 0.15) is 27.8 Å². The zero-order valence-electron chi connectivity index (χ0n) is 11.6. The van der Waals surface area contributed by atoms with Gasteiger partial charge in [0.1, 0.15) is 5.69 Å². The highest BCUT2D eigenvalue weighted by Gasteiger charge is 2.23. The van der Waals surface area contributed by atoms with E-state index in [-0.39, 0.29) is 23.0 Å². The fourth-order valence-electron chi connectivity index (χ4n) is 2.25. The van der Waals surface area contributed by atoms with Gasteiger partial charge in [0.2, 0.25) is 0 Å². The minimum atomic E-state index is -1.04. The number of hydrogen-bond donors (Lipinski definition) is 1. The number of carbonyl (C=O) groups excluding carboxylic acids is 1. The average molecular weight is 276 g/mol. The first-order valence-electron chi connectivity index (χ1n) is 6.19. The van der Waals surface area contributed by atoms with Crippen molar-refractivity contribution in [2.45, 2.75) is 6.92 Å². The molecule has 0 fully saturated rings. The quantitative estimate of drug-likeness (QED) is 0.841. The lowest BCUT2D eigenvalue weighted by atomic mass is 10.0. The Balaban J connectivity index is 2.60. The number of rotatable bonds is 5. The molecule has 1 aromatic heterocycles. The van der Waals surface area contributed by atoms with Crippen LogP contribution in [0, 0.1) is 5.92 Å². The average Bonchev–Trinajstić information content (AvgIpc) is 2.75. The molecule has 0 aliphatic rings. The van der Waals surface area contributed by atoms with Crippen LogP contribution in [0.4, 0.5) is 0 Å². The molecule has 20 heavy (non-hydrogen) atoms. The maximum absolute atomic E-state index is 12.3. The van der Waals surface area contributed by atoms with Gasteiger partial charge in [-0.15, -0.1) is 0 Å². The third-order valence-electron chi connectivity index (χ3n) is 3.19. The van der Waals surface area contributed by atoms with Crippen LogP contribution in [0.5, 0.6) is 0 Å². The third-order valence-corrected chi connectivity index (χ3v) is 3.19. The first-order chi connectivity index (χ1) is 9.47. The van der Waals surface area contributed by atoms with Gasteiger partial charge in [-0.25, -0.2) is 4.79 Å². The predicted molar refractivity (Wildman–Crippen MR) is 73.0 cm³/mol. The van der Waals surface area contributed by atoms with Gasteiger partial charge in [-0.2, -0.15) is 5.10 Å². The number of fused-ring (bicyclic) bond motifs is 1. The number of benzene rings is 1. The monoisotopic (exact) mass is 276 g/mol. The van der Waals surface area contributed by atoms with Crippen molar-refractivity contribution >= 4 is 22.7 Å². The zero-order valence-corrected chi connectivity index (χ0v) is 11.6. The lowest BCUT2D eigenvalue weighted by Gasteiger charge is -2.06. The Morgan fingerprint density at radius 1 is 1.45 bits per heavy atom. The second-order valence-corrected chi connectivity index (χ2v) is 4.70. The molecular formula is C14H16N2O4. The Labute approximate surface area is 116 Å². The number of para-hydroxylation sites is 1. The second-order valence-electron chi connectivity index (χ2n) is 4.70. The summed E-state index contributed by atoms with van der Waals surface area (Å²) in [5.74, 6) is -1.52. The van der Waals surface area contributed by atoms with Gasteiger partial charge in [0, 0.05) is 25.5 Å². The van der Waals surface area contributed by atoms with E-state index >= 15 is 0 Å². The number of aromatic nitrogens is 2. The maximum atomic E-state index is 12.3. The SMILES string of the molecule is COCC(C)C(=O)c1nn(C)c2c(C(=O)O)cccc12. The minimum absolute atomic E-state index is 0.135. The second kappa shape index (κ2) is 5.42. The van der Waals surface area contributed by atoms with Crippen molar-refractivity contribution in [2.24, 2.45) is 13.0 Å². The summed E-state index contributed by atoms with van der Waals surface area (Å²) in [4.78, 5) is 23.6. The first-order valence-corrected chi connectivity index (χ1v) is 6.19. The van der Waals surface area contributed by atoms with Gasteiger partial charge in [0.15, 0.2) is 5.78 Å². The van der Waals surface area contributed by atoms with Gasteiger partial charge < -0.3 is 9.84 Å². The van der Waals surface area contributed by atoms with Crippen LogP contribution in [-0.2, 0) is 11.8 Å². The lowest BCUT2D eigenvalue weighted by Crippen LogP contribution is -2.17. The third kappa shape index (κ3) is 2.30. The molecule has 6 heteroatoms. The molecule has 0 bridgehead atoms. The standard InChI is InChI=1S/C14H16N2O4/c1-8(7-20-3)13(17)11-9-5-4-6-10(14(18)19)12(9)16(2)15-11/h4-6,8H,7H2,1-3H3,(H,18,19). The molecule has 1 heterocycles. The fraction of sp³-hybridized carbons (Fsp3) is 0.357. The molecule has 106 valence electrons. The van der Waals surface area contributed by atoms with E-state index in [1.807, 2.05) is 0 Å². The van der Waals surface area contributed by atoms with E-state index in [9.17, 15) is 14.7 Å². The molecule has 2 aromatic rings. The highest BCUT2D eigenvalue weighted by molar-refractivity contribution is 6.11. The highest BCUT2D eigenvalue weighted by Crippen LogP contribution is 2.24. The van der Waals surface area contributed by atoms with E-state index in [0.29, 0.717) is 17.5 Å².